The molecular weight excluding hydrogens is 268 g/mol. The molecule has 2 heterocycles. The summed E-state index contributed by atoms with van der Waals surface area (Å²) in [7, 11) is 0. The number of fused-ring (bicyclic) bond motifs is 1. The number of aliphatic hydroxyl groups is 1. The van der Waals surface area contributed by atoms with Crippen LogP contribution in [0.25, 0.3) is 0 Å². The van der Waals surface area contributed by atoms with Gasteiger partial charge < -0.3 is 10.0 Å². The van der Waals surface area contributed by atoms with Gasteiger partial charge in [0.25, 0.3) is 0 Å². The molecule has 20 heavy (non-hydrogen) atoms. The summed E-state index contributed by atoms with van der Waals surface area (Å²) in [5.41, 5.74) is 3.87. The fraction of sp³-hybridized carbons (Fsp3) is 0.438. The van der Waals surface area contributed by atoms with Gasteiger partial charge in [0, 0.05) is 13.1 Å². The van der Waals surface area contributed by atoms with Crippen molar-refractivity contribution in [2.45, 2.75) is 32.8 Å². The molecule has 1 aromatic carbocycles. The van der Waals surface area contributed by atoms with E-state index < -0.39 is 6.10 Å². The number of anilines is 1. The lowest BCUT2D eigenvalue weighted by Crippen LogP contribution is -2.25. The Kier molecular flexibility index (Phi) is 3.76. The fourth-order valence-electron chi connectivity index (χ4n) is 2.78. The number of thiazole rings is 1. The van der Waals surface area contributed by atoms with E-state index in [2.05, 4.69) is 34.1 Å². The third-order valence-corrected chi connectivity index (χ3v) is 5.28. The topological polar surface area (TPSA) is 36.4 Å². The quantitative estimate of drug-likeness (QED) is 0.922. The number of nitrogens with zero attached hydrogens (tertiary/aromatic N) is 2. The van der Waals surface area contributed by atoms with Crippen LogP contribution in [0.3, 0.4) is 0 Å². The zero-order valence-electron chi connectivity index (χ0n) is 12.0. The molecule has 0 spiro atoms. The van der Waals surface area contributed by atoms with Crippen LogP contribution in [0.4, 0.5) is 5.13 Å². The van der Waals surface area contributed by atoms with Gasteiger partial charge in [-0.05, 0) is 37.8 Å². The predicted octanol–water partition coefficient (Wildman–Crippen LogP) is 3.11. The first kappa shape index (κ1) is 13.6. The SMILES string of the molecule is Cc1nc(N2CCc3ccccc3CC2)sc1C(C)O. The summed E-state index contributed by atoms with van der Waals surface area (Å²) in [6, 6.07) is 8.70. The van der Waals surface area contributed by atoms with Crippen LogP contribution in [0.15, 0.2) is 24.3 Å². The third-order valence-electron chi connectivity index (χ3n) is 3.89. The molecule has 0 radical (unpaired) electrons. The first-order valence-corrected chi connectivity index (χ1v) is 7.94. The van der Waals surface area contributed by atoms with E-state index in [9.17, 15) is 5.11 Å². The molecule has 2 aromatic rings. The first-order valence-electron chi connectivity index (χ1n) is 7.12. The van der Waals surface area contributed by atoms with Crippen molar-refractivity contribution in [1.82, 2.24) is 4.98 Å². The van der Waals surface area contributed by atoms with E-state index in [0.29, 0.717) is 0 Å². The number of aliphatic hydroxyl groups excluding tert-OH is 1. The van der Waals surface area contributed by atoms with Gasteiger partial charge >= 0.3 is 0 Å². The summed E-state index contributed by atoms with van der Waals surface area (Å²) in [6.07, 6.45) is 1.71. The lowest BCUT2D eigenvalue weighted by molar-refractivity contribution is 0.202. The number of rotatable bonds is 2. The average molecular weight is 288 g/mol. The van der Waals surface area contributed by atoms with E-state index in [4.69, 9.17) is 0 Å². The van der Waals surface area contributed by atoms with Gasteiger partial charge in [-0.1, -0.05) is 35.6 Å². The Morgan fingerprint density at radius 3 is 2.30 bits per heavy atom. The van der Waals surface area contributed by atoms with Crippen molar-refractivity contribution in [2.24, 2.45) is 0 Å². The summed E-state index contributed by atoms with van der Waals surface area (Å²) in [6.45, 7) is 5.80. The molecule has 1 aromatic heterocycles. The van der Waals surface area contributed by atoms with Crippen LogP contribution in [-0.4, -0.2) is 23.2 Å². The standard InChI is InChI=1S/C16H20N2OS/c1-11-15(12(2)19)20-16(17-11)18-9-7-13-5-3-4-6-14(13)8-10-18/h3-6,12,19H,7-10H2,1-2H3. The fourth-order valence-corrected chi connectivity index (χ4v) is 3.83. The van der Waals surface area contributed by atoms with E-state index in [1.807, 2.05) is 13.8 Å². The summed E-state index contributed by atoms with van der Waals surface area (Å²) < 4.78 is 0. The monoisotopic (exact) mass is 288 g/mol. The maximum atomic E-state index is 9.77. The van der Waals surface area contributed by atoms with Crippen LogP contribution >= 0.6 is 11.3 Å². The minimum absolute atomic E-state index is 0.426. The second kappa shape index (κ2) is 5.54. The molecule has 0 aliphatic carbocycles. The molecule has 4 heteroatoms. The van der Waals surface area contributed by atoms with Crippen molar-refractivity contribution in [3.05, 3.63) is 46.0 Å². The molecule has 0 amide bonds. The molecule has 1 atom stereocenters. The van der Waals surface area contributed by atoms with Crippen molar-refractivity contribution >= 4 is 16.5 Å². The van der Waals surface area contributed by atoms with Crippen LogP contribution in [0, 0.1) is 6.92 Å². The smallest absolute Gasteiger partial charge is 0.185 e. The van der Waals surface area contributed by atoms with Gasteiger partial charge in [0.05, 0.1) is 16.7 Å². The molecule has 1 unspecified atom stereocenters. The molecule has 0 fully saturated rings. The molecule has 3 rings (SSSR count). The number of hydrogen-bond donors (Lipinski definition) is 1. The van der Waals surface area contributed by atoms with Crippen LogP contribution in [0.2, 0.25) is 0 Å². The molecule has 0 saturated heterocycles. The second-order valence-corrected chi connectivity index (χ2v) is 6.39. The number of benzene rings is 1. The van der Waals surface area contributed by atoms with Crippen LogP contribution < -0.4 is 4.90 Å². The molecule has 1 aliphatic rings. The Balaban J connectivity index is 1.82. The van der Waals surface area contributed by atoms with Crippen LogP contribution in [-0.2, 0) is 12.8 Å². The van der Waals surface area contributed by atoms with Crippen LogP contribution in [0.1, 0.15) is 34.7 Å². The summed E-state index contributed by atoms with van der Waals surface area (Å²) in [5.74, 6) is 0. The number of aromatic nitrogens is 1. The highest BCUT2D eigenvalue weighted by atomic mass is 32.1. The number of aryl methyl sites for hydroxylation is 1. The molecule has 3 nitrogen and oxygen atoms in total. The molecular formula is C16H20N2OS. The van der Waals surface area contributed by atoms with Gasteiger partial charge in [-0.2, -0.15) is 0 Å². The van der Waals surface area contributed by atoms with E-state index in [1.165, 1.54) is 11.1 Å². The average Bonchev–Trinajstić information content (AvgIpc) is 2.70. The summed E-state index contributed by atoms with van der Waals surface area (Å²) >= 11 is 1.63. The van der Waals surface area contributed by atoms with Gasteiger partial charge in [-0.15, -0.1) is 0 Å². The predicted molar refractivity (Wildman–Crippen MR) is 83.5 cm³/mol. The Hall–Kier alpha value is -1.39. The van der Waals surface area contributed by atoms with Gasteiger partial charge in [0.1, 0.15) is 0 Å². The Morgan fingerprint density at radius 2 is 1.80 bits per heavy atom. The zero-order chi connectivity index (χ0) is 14.1. The normalized spacial score (nSPS) is 16.6. The molecule has 0 bridgehead atoms. The van der Waals surface area contributed by atoms with Gasteiger partial charge in [-0.25, -0.2) is 4.98 Å². The van der Waals surface area contributed by atoms with Gasteiger partial charge in [0.15, 0.2) is 5.13 Å². The third kappa shape index (κ3) is 2.58. The molecule has 106 valence electrons. The largest absolute Gasteiger partial charge is 0.388 e. The van der Waals surface area contributed by atoms with Crippen molar-refractivity contribution in [3.63, 3.8) is 0 Å². The highest BCUT2D eigenvalue weighted by Crippen LogP contribution is 2.31. The Labute approximate surface area is 123 Å². The van der Waals surface area contributed by atoms with Crippen molar-refractivity contribution < 1.29 is 5.11 Å². The molecule has 1 aliphatic heterocycles. The second-order valence-electron chi connectivity index (χ2n) is 5.38. The Morgan fingerprint density at radius 1 is 1.20 bits per heavy atom. The molecule has 0 saturated carbocycles. The van der Waals surface area contributed by atoms with Gasteiger partial charge in [0.2, 0.25) is 0 Å². The van der Waals surface area contributed by atoms with Crippen molar-refractivity contribution in [3.8, 4) is 0 Å². The maximum absolute atomic E-state index is 9.77. The van der Waals surface area contributed by atoms with E-state index >= 15 is 0 Å². The Bertz CT molecular complexity index is 579. The van der Waals surface area contributed by atoms with E-state index in [0.717, 1.165) is 41.6 Å². The minimum atomic E-state index is -0.426. The first-order chi connectivity index (χ1) is 9.65. The zero-order valence-corrected chi connectivity index (χ0v) is 12.8. The van der Waals surface area contributed by atoms with Crippen molar-refractivity contribution in [1.29, 1.82) is 0 Å². The molecule has 1 N–H and O–H groups in total. The lowest BCUT2D eigenvalue weighted by atomic mass is 10.0. The lowest BCUT2D eigenvalue weighted by Gasteiger charge is -2.18. The summed E-state index contributed by atoms with van der Waals surface area (Å²) in [4.78, 5) is 7.98. The number of hydrogen-bond acceptors (Lipinski definition) is 4. The highest BCUT2D eigenvalue weighted by Gasteiger charge is 2.19. The van der Waals surface area contributed by atoms with Gasteiger partial charge in [-0.3, -0.25) is 0 Å². The maximum Gasteiger partial charge on any atom is 0.185 e. The summed E-state index contributed by atoms with van der Waals surface area (Å²) in [5, 5.41) is 10.8. The van der Waals surface area contributed by atoms with E-state index in [-0.39, 0.29) is 0 Å². The highest BCUT2D eigenvalue weighted by molar-refractivity contribution is 7.15. The van der Waals surface area contributed by atoms with Crippen LogP contribution in [0.5, 0.6) is 0 Å². The van der Waals surface area contributed by atoms with Crippen molar-refractivity contribution in [2.75, 3.05) is 18.0 Å². The van der Waals surface area contributed by atoms with E-state index in [1.54, 1.807) is 11.3 Å². The minimum Gasteiger partial charge on any atom is -0.388 e.